The first-order valence-corrected chi connectivity index (χ1v) is 6.34. The zero-order valence-corrected chi connectivity index (χ0v) is 10.5. The van der Waals surface area contributed by atoms with Gasteiger partial charge in [0.05, 0.1) is 0 Å². The molecule has 5 nitrogen and oxygen atoms in total. The van der Waals surface area contributed by atoms with Gasteiger partial charge in [-0.05, 0) is 24.1 Å². The molecule has 0 unspecified atom stereocenters. The molecule has 3 N–H and O–H groups in total. The molecule has 1 aromatic carbocycles. The summed E-state index contributed by atoms with van der Waals surface area (Å²) in [4.78, 5) is 15.7. The zero-order chi connectivity index (χ0) is 13.2. The van der Waals surface area contributed by atoms with Gasteiger partial charge in [0.2, 0.25) is 5.91 Å². The number of nitrogens with two attached hydrogens (primary N) is 1. The normalized spacial score (nSPS) is 14.1. The maximum atomic E-state index is 11.3. The molecule has 5 heteroatoms. The molecule has 2 heterocycles. The van der Waals surface area contributed by atoms with Crippen LogP contribution in [-0.2, 0) is 17.6 Å². The second-order valence-corrected chi connectivity index (χ2v) is 4.59. The van der Waals surface area contributed by atoms with Crippen LogP contribution < -0.4 is 11.1 Å². The quantitative estimate of drug-likeness (QED) is 0.877. The van der Waals surface area contributed by atoms with Crippen LogP contribution in [0, 0.1) is 0 Å². The first-order valence-electron chi connectivity index (χ1n) is 6.34. The highest BCUT2D eigenvalue weighted by Gasteiger charge is 2.16. The molecular weight excluding hydrogens is 242 g/mol. The summed E-state index contributed by atoms with van der Waals surface area (Å²) in [5, 5.41) is 2.86. The molecule has 98 valence electrons. The maximum absolute atomic E-state index is 11.3. The SMILES string of the molecule is NCCc1nc(-c2ccc3c(c2)CCC(=O)N3)co1. The summed E-state index contributed by atoms with van der Waals surface area (Å²) < 4.78 is 5.36. The van der Waals surface area contributed by atoms with Gasteiger partial charge in [-0.3, -0.25) is 4.79 Å². The Morgan fingerprint density at radius 3 is 3.11 bits per heavy atom. The highest BCUT2D eigenvalue weighted by Crippen LogP contribution is 2.28. The number of fused-ring (bicyclic) bond motifs is 1. The van der Waals surface area contributed by atoms with Crippen molar-refractivity contribution in [2.45, 2.75) is 19.3 Å². The Hall–Kier alpha value is -2.14. The first-order chi connectivity index (χ1) is 9.26. The summed E-state index contributed by atoms with van der Waals surface area (Å²) >= 11 is 0. The van der Waals surface area contributed by atoms with Gasteiger partial charge in [-0.2, -0.15) is 0 Å². The third kappa shape index (κ3) is 2.37. The molecule has 0 spiro atoms. The molecule has 0 radical (unpaired) electrons. The van der Waals surface area contributed by atoms with Crippen molar-refractivity contribution < 1.29 is 9.21 Å². The molecule has 1 aromatic heterocycles. The number of benzene rings is 1. The van der Waals surface area contributed by atoms with Crippen LogP contribution in [-0.4, -0.2) is 17.4 Å². The van der Waals surface area contributed by atoms with Crippen molar-refractivity contribution in [2.24, 2.45) is 5.73 Å². The lowest BCUT2D eigenvalue weighted by atomic mass is 9.99. The van der Waals surface area contributed by atoms with Gasteiger partial charge in [-0.25, -0.2) is 4.98 Å². The van der Waals surface area contributed by atoms with Crippen LogP contribution in [0.2, 0.25) is 0 Å². The highest BCUT2D eigenvalue weighted by atomic mass is 16.3. The van der Waals surface area contributed by atoms with Gasteiger partial charge in [-0.1, -0.05) is 6.07 Å². The van der Waals surface area contributed by atoms with E-state index in [0.29, 0.717) is 25.3 Å². The first kappa shape index (κ1) is 11.9. The van der Waals surface area contributed by atoms with Crippen molar-refractivity contribution in [3.05, 3.63) is 35.9 Å². The number of carbonyl (C=O) groups is 1. The third-order valence-corrected chi connectivity index (χ3v) is 3.21. The predicted molar refractivity (Wildman–Crippen MR) is 71.6 cm³/mol. The van der Waals surface area contributed by atoms with Crippen molar-refractivity contribution in [1.29, 1.82) is 0 Å². The van der Waals surface area contributed by atoms with Gasteiger partial charge < -0.3 is 15.5 Å². The maximum Gasteiger partial charge on any atom is 0.224 e. The summed E-state index contributed by atoms with van der Waals surface area (Å²) in [5.41, 5.74) is 9.32. The summed E-state index contributed by atoms with van der Waals surface area (Å²) in [7, 11) is 0. The molecule has 0 fully saturated rings. The van der Waals surface area contributed by atoms with Crippen LogP contribution in [0.5, 0.6) is 0 Å². The van der Waals surface area contributed by atoms with E-state index in [1.807, 2.05) is 12.1 Å². The smallest absolute Gasteiger partial charge is 0.224 e. The fourth-order valence-corrected chi connectivity index (χ4v) is 2.22. The largest absolute Gasteiger partial charge is 0.448 e. The summed E-state index contributed by atoms with van der Waals surface area (Å²) in [6, 6.07) is 5.91. The molecule has 0 saturated heterocycles. The lowest BCUT2D eigenvalue weighted by molar-refractivity contribution is -0.116. The average Bonchev–Trinajstić information content (AvgIpc) is 2.87. The number of aryl methyl sites for hydroxylation is 1. The number of nitrogens with one attached hydrogen (secondary N) is 1. The lowest BCUT2D eigenvalue weighted by Gasteiger charge is -2.16. The molecule has 2 aromatic rings. The van der Waals surface area contributed by atoms with Crippen LogP contribution >= 0.6 is 0 Å². The van der Waals surface area contributed by atoms with E-state index in [0.717, 1.165) is 28.9 Å². The minimum absolute atomic E-state index is 0.0759. The number of nitrogens with zero attached hydrogens (tertiary/aromatic N) is 1. The van der Waals surface area contributed by atoms with E-state index in [1.54, 1.807) is 6.26 Å². The fraction of sp³-hybridized carbons (Fsp3) is 0.286. The van der Waals surface area contributed by atoms with E-state index in [2.05, 4.69) is 16.4 Å². The number of anilines is 1. The lowest BCUT2D eigenvalue weighted by Crippen LogP contribution is -2.18. The Balaban J connectivity index is 1.90. The fourth-order valence-electron chi connectivity index (χ4n) is 2.22. The zero-order valence-electron chi connectivity index (χ0n) is 10.5. The van der Waals surface area contributed by atoms with Crippen molar-refractivity contribution in [3.63, 3.8) is 0 Å². The highest BCUT2D eigenvalue weighted by molar-refractivity contribution is 5.94. The van der Waals surface area contributed by atoms with Crippen molar-refractivity contribution in [3.8, 4) is 11.3 Å². The van der Waals surface area contributed by atoms with E-state index in [1.165, 1.54) is 0 Å². The van der Waals surface area contributed by atoms with Crippen molar-refractivity contribution >= 4 is 11.6 Å². The molecule has 1 aliphatic rings. The number of rotatable bonds is 3. The minimum atomic E-state index is 0.0759. The summed E-state index contributed by atoms with van der Waals surface area (Å²) in [6.45, 7) is 0.524. The number of hydrogen-bond donors (Lipinski definition) is 2. The molecule has 19 heavy (non-hydrogen) atoms. The standard InChI is InChI=1S/C14H15N3O2/c15-6-5-14-17-12(8-19-14)10-1-3-11-9(7-10)2-4-13(18)16-11/h1,3,7-8H,2,4-6,15H2,(H,16,18). The molecule has 0 saturated carbocycles. The Kier molecular flexibility index (Phi) is 3.05. The van der Waals surface area contributed by atoms with E-state index in [9.17, 15) is 4.79 Å². The number of oxazole rings is 1. The Morgan fingerprint density at radius 2 is 2.26 bits per heavy atom. The number of amides is 1. The van der Waals surface area contributed by atoms with Gasteiger partial charge in [0.25, 0.3) is 0 Å². The van der Waals surface area contributed by atoms with E-state index < -0.39 is 0 Å². The van der Waals surface area contributed by atoms with Gasteiger partial charge in [-0.15, -0.1) is 0 Å². The van der Waals surface area contributed by atoms with E-state index in [4.69, 9.17) is 10.2 Å². The van der Waals surface area contributed by atoms with Crippen molar-refractivity contribution in [2.75, 3.05) is 11.9 Å². The summed E-state index contributed by atoms with van der Waals surface area (Å²) in [6.07, 6.45) is 3.59. The van der Waals surface area contributed by atoms with Crippen molar-refractivity contribution in [1.82, 2.24) is 4.98 Å². The second-order valence-electron chi connectivity index (χ2n) is 4.59. The van der Waals surface area contributed by atoms with Gasteiger partial charge in [0, 0.05) is 30.6 Å². The summed E-state index contributed by atoms with van der Waals surface area (Å²) in [5.74, 6) is 0.732. The Bertz CT molecular complexity index is 619. The van der Waals surface area contributed by atoms with Gasteiger partial charge in [0.1, 0.15) is 12.0 Å². The topological polar surface area (TPSA) is 81.1 Å². The molecule has 0 aliphatic carbocycles. The van der Waals surface area contributed by atoms with Gasteiger partial charge >= 0.3 is 0 Å². The van der Waals surface area contributed by atoms with E-state index in [-0.39, 0.29) is 5.91 Å². The third-order valence-electron chi connectivity index (χ3n) is 3.21. The van der Waals surface area contributed by atoms with Crippen LogP contribution in [0.4, 0.5) is 5.69 Å². The molecule has 1 aliphatic heterocycles. The Labute approximate surface area is 110 Å². The van der Waals surface area contributed by atoms with Gasteiger partial charge in [0.15, 0.2) is 5.89 Å². The molecule has 1 amide bonds. The average molecular weight is 257 g/mol. The molecular formula is C14H15N3O2. The van der Waals surface area contributed by atoms with Crippen LogP contribution in [0.3, 0.4) is 0 Å². The van der Waals surface area contributed by atoms with Crippen LogP contribution in [0.25, 0.3) is 11.3 Å². The second kappa shape index (κ2) is 4.85. The van der Waals surface area contributed by atoms with Crippen LogP contribution in [0.15, 0.2) is 28.9 Å². The molecule has 3 rings (SSSR count). The minimum Gasteiger partial charge on any atom is -0.448 e. The number of hydrogen-bond acceptors (Lipinski definition) is 4. The monoisotopic (exact) mass is 257 g/mol. The number of aromatic nitrogens is 1. The predicted octanol–water partition coefficient (Wildman–Crippen LogP) is 1.73. The molecule has 0 atom stereocenters. The molecule has 0 bridgehead atoms. The van der Waals surface area contributed by atoms with E-state index >= 15 is 0 Å². The van der Waals surface area contributed by atoms with Crippen LogP contribution in [0.1, 0.15) is 17.9 Å². The number of carbonyl (C=O) groups excluding carboxylic acids is 1. The Morgan fingerprint density at radius 1 is 1.37 bits per heavy atom.